The van der Waals surface area contributed by atoms with Gasteiger partial charge in [0.25, 0.3) is 0 Å². The average Bonchev–Trinajstić information content (AvgIpc) is 3.43. The lowest BCUT2D eigenvalue weighted by Gasteiger charge is -2.27. The van der Waals surface area contributed by atoms with Crippen LogP contribution in [0.5, 0.6) is 0 Å². The number of guanidine groups is 1. The van der Waals surface area contributed by atoms with E-state index in [0.717, 1.165) is 36.7 Å². The molecule has 0 spiro atoms. The van der Waals surface area contributed by atoms with Crippen LogP contribution >= 0.6 is 24.0 Å². The molecule has 0 aliphatic carbocycles. The molecule has 3 heterocycles. The van der Waals surface area contributed by atoms with E-state index < -0.39 is 5.60 Å². The highest BCUT2D eigenvalue weighted by Gasteiger charge is 2.27. The van der Waals surface area contributed by atoms with Gasteiger partial charge in [-0.05, 0) is 58.8 Å². The first-order chi connectivity index (χ1) is 13.9. The second-order valence-electron chi connectivity index (χ2n) is 7.96. The lowest BCUT2D eigenvalue weighted by Crippen LogP contribution is -2.43. The number of nitrogens with zero attached hydrogens (tertiary/aromatic N) is 4. The van der Waals surface area contributed by atoms with E-state index in [0.29, 0.717) is 12.5 Å². The van der Waals surface area contributed by atoms with Gasteiger partial charge in [-0.1, -0.05) is 0 Å². The molecular weight excluding hydrogens is 495 g/mol. The van der Waals surface area contributed by atoms with Crippen LogP contribution in [-0.4, -0.2) is 58.5 Å². The second kappa shape index (κ2) is 11.1. The number of nitrogens with one attached hydrogen (secondary N) is 2. The molecule has 0 amide bonds. The Kier molecular flexibility index (Phi) is 9.17. The lowest BCUT2D eigenvalue weighted by atomic mass is 10.0. The number of aromatic nitrogens is 2. The van der Waals surface area contributed by atoms with Crippen molar-refractivity contribution < 1.29 is 9.52 Å². The van der Waals surface area contributed by atoms with Crippen LogP contribution in [0.4, 0.5) is 0 Å². The number of halogens is 1. The van der Waals surface area contributed by atoms with E-state index in [2.05, 4.69) is 31.7 Å². The van der Waals surface area contributed by atoms with Gasteiger partial charge >= 0.3 is 0 Å². The minimum Gasteiger partial charge on any atom is -0.465 e. The fourth-order valence-electron chi connectivity index (χ4n) is 3.65. The number of hydrogen-bond acceptors (Lipinski definition) is 5. The third-order valence-electron chi connectivity index (χ3n) is 5.35. The van der Waals surface area contributed by atoms with Crippen molar-refractivity contribution in [3.8, 4) is 0 Å². The molecule has 9 heteroatoms. The van der Waals surface area contributed by atoms with Crippen molar-refractivity contribution in [3.63, 3.8) is 0 Å². The van der Waals surface area contributed by atoms with Crippen molar-refractivity contribution in [2.75, 3.05) is 32.7 Å². The van der Waals surface area contributed by atoms with Gasteiger partial charge in [0.1, 0.15) is 17.1 Å². The predicted molar refractivity (Wildman–Crippen MR) is 129 cm³/mol. The summed E-state index contributed by atoms with van der Waals surface area (Å²) in [5.41, 5.74) is -0.330. The fourth-order valence-corrected chi connectivity index (χ4v) is 3.65. The van der Waals surface area contributed by atoms with E-state index in [1.165, 1.54) is 12.8 Å². The second-order valence-corrected chi connectivity index (χ2v) is 7.96. The highest BCUT2D eigenvalue weighted by atomic mass is 127. The Balaban J connectivity index is 0.00000320. The molecule has 3 N–H and O–H groups in total. The molecular formula is C21H35IN6O2. The van der Waals surface area contributed by atoms with Crippen LogP contribution in [-0.2, 0) is 12.6 Å². The standard InChI is InChI=1S/C21H34N6O2.HI/c1-5-22-20(24-15-21(3,28)17-12-25-26(4)14-17)23-13-18(27-10-6-7-11-27)19-9-8-16(2)29-19;/h8-9,12,14,18,28H,5-7,10-11,13,15H2,1-4H3,(H2,22,23,24);1H. The van der Waals surface area contributed by atoms with Crippen molar-refractivity contribution in [1.29, 1.82) is 0 Å². The van der Waals surface area contributed by atoms with E-state index in [4.69, 9.17) is 4.42 Å². The number of hydrogen-bond donors (Lipinski definition) is 3. The van der Waals surface area contributed by atoms with E-state index in [-0.39, 0.29) is 36.6 Å². The van der Waals surface area contributed by atoms with E-state index in [1.807, 2.05) is 33.2 Å². The molecule has 2 aromatic heterocycles. The zero-order valence-corrected chi connectivity index (χ0v) is 20.7. The third-order valence-corrected chi connectivity index (χ3v) is 5.35. The Labute approximate surface area is 196 Å². The molecule has 8 nitrogen and oxygen atoms in total. The molecule has 0 radical (unpaired) electrons. The summed E-state index contributed by atoms with van der Waals surface area (Å²) in [7, 11) is 1.84. The number of rotatable bonds is 8. The molecule has 1 fully saturated rings. The molecule has 2 unspecified atom stereocenters. The quantitative estimate of drug-likeness (QED) is 0.276. The minimum absolute atomic E-state index is 0. The predicted octanol–water partition coefficient (Wildman–Crippen LogP) is 2.54. The maximum Gasteiger partial charge on any atom is 0.191 e. The van der Waals surface area contributed by atoms with Gasteiger partial charge in [0.05, 0.1) is 18.8 Å². The summed E-state index contributed by atoms with van der Waals surface area (Å²) in [5.74, 6) is 2.59. The molecule has 0 aromatic carbocycles. The van der Waals surface area contributed by atoms with E-state index in [9.17, 15) is 5.11 Å². The Morgan fingerprint density at radius 1 is 1.33 bits per heavy atom. The van der Waals surface area contributed by atoms with Gasteiger partial charge in [0, 0.05) is 31.9 Å². The highest BCUT2D eigenvalue weighted by Crippen LogP contribution is 2.26. The van der Waals surface area contributed by atoms with Crippen molar-refractivity contribution in [2.24, 2.45) is 12.0 Å². The van der Waals surface area contributed by atoms with E-state index in [1.54, 1.807) is 17.8 Å². The van der Waals surface area contributed by atoms with Crippen molar-refractivity contribution in [1.82, 2.24) is 25.3 Å². The Morgan fingerprint density at radius 2 is 2.07 bits per heavy atom. The van der Waals surface area contributed by atoms with Gasteiger partial charge in [-0.2, -0.15) is 5.10 Å². The molecule has 2 atom stereocenters. The Morgan fingerprint density at radius 3 is 2.63 bits per heavy atom. The molecule has 2 aromatic rings. The van der Waals surface area contributed by atoms with Gasteiger partial charge in [-0.15, -0.1) is 24.0 Å². The average molecular weight is 530 g/mol. The van der Waals surface area contributed by atoms with Crippen LogP contribution in [0.1, 0.15) is 49.8 Å². The third kappa shape index (κ3) is 6.45. The molecule has 0 saturated carbocycles. The number of aryl methyl sites for hydroxylation is 2. The first-order valence-corrected chi connectivity index (χ1v) is 10.4. The highest BCUT2D eigenvalue weighted by molar-refractivity contribution is 14.0. The lowest BCUT2D eigenvalue weighted by molar-refractivity contribution is 0.0671. The molecule has 30 heavy (non-hydrogen) atoms. The molecule has 0 bridgehead atoms. The largest absolute Gasteiger partial charge is 0.465 e. The van der Waals surface area contributed by atoms with Crippen molar-refractivity contribution in [2.45, 2.75) is 45.3 Å². The Hall–Kier alpha value is -1.59. The van der Waals surface area contributed by atoms with Gasteiger partial charge < -0.3 is 20.2 Å². The van der Waals surface area contributed by atoms with Gasteiger partial charge in [-0.25, -0.2) is 4.99 Å². The van der Waals surface area contributed by atoms with Gasteiger partial charge in [-0.3, -0.25) is 9.58 Å². The number of aliphatic hydroxyl groups is 1. The zero-order valence-electron chi connectivity index (χ0n) is 18.4. The summed E-state index contributed by atoms with van der Waals surface area (Å²) in [5, 5.41) is 21.7. The maximum absolute atomic E-state index is 10.8. The number of aliphatic imine (C=N–C) groups is 1. The zero-order chi connectivity index (χ0) is 20.9. The maximum atomic E-state index is 10.8. The smallest absolute Gasteiger partial charge is 0.191 e. The van der Waals surface area contributed by atoms with Crippen LogP contribution in [0.3, 0.4) is 0 Å². The summed E-state index contributed by atoms with van der Waals surface area (Å²) in [6.07, 6.45) is 5.94. The first kappa shape index (κ1) is 24.7. The van der Waals surface area contributed by atoms with Crippen LogP contribution in [0.15, 0.2) is 33.9 Å². The van der Waals surface area contributed by atoms with E-state index >= 15 is 0 Å². The monoisotopic (exact) mass is 530 g/mol. The van der Waals surface area contributed by atoms with Crippen LogP contribution < -0.4 is 10.6 Å². The van der Waals surface area contributed by atoms with Crippen LogP contribution in [0, 0.1) is 6.92 Å². The summed E-state index contributed by atoms with van der Waals surface area (Å²) in [4.78, 5) is 7.09. The van der Waals surface area contributed by atoms with Crippen LogP contribution in [0.2, 0.25) is 0 Å². The van der Waals surface area contributed by atoms with Gasteiger partial charge in [0.2, 0.25) is 0 Å². The summed E-state index contributed by atoms with van der Waals surface area (Å²) in [6, 6.07) is 4.24. The molecule has 168 valence electrons. The van der Waals surface area contributed by atoms with Crippen molar-refractivity contribution >= 4 is 29.9 Å². The molecule has 1 aliphatic rings. The van der Waals surface area contributed by atoms with Crippen LogP contribution in [0.25, 0.3) is 0 Å². The first-order valence-electron chi connectivity index (χ1n) is 10.4. The Bertz CT molecular complexity index is 810. The van der Waals surface area contributed by atoms with Gasteiger partial charge in [0.15, 0.2) is 5.96 Å². The SMILES string of the molecule is CCNC(=NCC(C)(O)c1cnn(C)c1)NCC(c1ccc(C)o1)N1CCCC1.I. The molecule has 1 saturated heterocycles. The number of likely N-dealkylation sites (tertiary alicyclic amines) is 1. The summed E-state index contributed by atoms with van der Waals surface area (Å²) in [6.45, 7) is 9.60. The minimum atomic E-state index is -1.08. The molecule has 3 rings (SSSR count). The van der Waals surface area contributed by atoms with Crippen molar-refractivity contribution in [3.05, 3.63) is 41.6 Å². The summed E-state index contributed by atoms with van der Waals surface area (Å²) < 4.78 is 7.62. The summed E-state index contributed by atoms with van der Waals surface area (Å²) >= 11 is 0. The number of furan rings is 1. The topological polar surface area (TPSA) is 90.8 Å². The normalized spacial score (nSPS) is 18.0. The molecule has 1 aliphatic heterocycles. The fraction of sp³-hybridized carbons (Fsp3) is 0.619.